The van der Waals surface area contributed by atoms with Gasteiger partial charge in [0.15, 0.2) is 0 Å². The third-order valence-corrected chi connectivity index (χ3v) is 15.9. The van der Waals surface area contributed by atoms with Crippen LogP contribution in [0.1, 0.15) is 373 Å². The number of amides is 1. The predicted molar refractivity (Wildman–Crippen MR) is 333 cm³/mol. The number of aliphatic hydroxyl groups is 2. The average molecular weight is 1070 g/mol. The van der Waals surface area contributed by atoms with E-state index in [1.807, 2.05) is 6.08 Å². The number of rotatable bonds is 64. The fourth-order valence-electron chi connectivity index (χ4n) is 10.7. The SMILES string of the molecule is CCC/C=C\C/C=C\CCCCCCCC(=O)OCCCCCCCCCCCCCCCCCCCCCCCCCCCCCCCC(=O)NC(CO)C(O)/C=C/CCCCCCCCCCCCCCCCC. The summed E-state index contributed by atoms with van der Waals surface area (Å²) in [5.74, 6) is -0.0579. The molecule has 0 fully saturated rings. The topological polar surface area (TPSA) is 95.9 Å². The highest BCUT2D eigenvalue weighted by Gasteiger charge is 2.18. The third kappa shape index (κ3) is 61.3. The van der Waals surface area contributed by atoms with Gasteiger partial charge in [-0.3, -0.25) is 9.59 Å². The van der Waals surface area contributed by atoms with Crippen LogP contribution in [0.15, 0.2) is 36.5 Å². The normalized spacial score (nSPS) is 12.7. The average Bonchev–Trinajstić information content (AvgIpc) is 3.42. The molecule has 0 aromatic rings. The molecule has 0 spiro atoms. The molecule has 0 aromatic carbocycles. The van der Waals surface area contributed by atoms with Crippen molar-refractivity contribution in [1.82, 2.24) is 5.32 Å². The van der Waals surface area contributed by atoms with Crippen molar-refractivity contribution in [1.29, 1.82) is 0 Å². The summed E-state index contributed by atoms with van der Waals surface area (Å²) in [6.45, 7) is 4.86. The highest BCUT2D eigenvalue weighted by molar-refractivity contribution is 5.76. The Labute approximate surface area is 474 Å². The lowest BCUT2D eigenvalue weighted by atomic mass is 10.0. The third-order valence-electron chi connectivity index (χ3n) is 15.9. The lowest BCUT2D eigenvalue weighted by molar-refractivity contribution is -0.143. The van der Waals surface area contributed by atoms with Gasteiger partial charge >= 0.3 is 5.97 Å². The van der Waals surface area contributed by atoms with E-state index in [0.29, 0.717) is 19.4 Å². The van der Waals surface area contributed by atoms with Gasteiger partial charge in [0.25, 0.3) is 0 Å². The molecule has 0 saturated heterocycles. The molecule has 6 heteroatoms. The molecule has 2 atom stereocenters. The summed E-state index contributed by atoms with van der Waals surface area (Å²) in [5, 5.41) is 23.2. The van der Waals surface area contributed by atoms with Crippen molar-refractivity contribution >= 4 is 11.9 Å². The Morgan fingerprint density at radius 3 is 1.05 bits per heavy atom. The van der Waals surface area contributed by atoms with E-state index in [2.05, 4.69) is 43.5 Å². The molecule has 6 nitrogen and oxygen atoms in total. The summed E-state index contributed by atoms with van der Waals surface area (Å²) in [5.41, 5.74) is 0. The zero-order valence-electron chi connectivity index (χ0n) is 51.3. The summed E-state index contributed by atoms with van der Waals surface area (Å²) in [7, 11) is 0. The molecular weight excluding hydrogens is 935 g/mol. The van der Waals surface area contributed by atoms with E-state index in [0.717, 1.165) is 51.4 Å². The van der Waals surface area contributed by atoms with Gasteiger partial charge in [-0.1, -0.05) is 339 Å². The van der Waals surface area contributed by atoms with Gasteiger partial charge in [0, 0.05) is 12.8 Å². The first-order valence-electron chi connectivity index (χ1n) is 34.3. The van der Waals surface area contributed by atoms with Crippen molar-refractivity contribution in [3.63, 3.8) is 0 Å². The largest absolute Gasteiger partial charge is 0.466 e. The second-order valence-corrected chi connectivity index (χ2v) is 23.5. The molecule has 0 aromatic heterocycles. The maximum atomic E-state index is 12.5. The van der Waals surface area contributed by atoms with Gasteiger partial charge < -0.3 is 20.3 Å². The van der Waals surface area contributed by atoms with Crippen LogP contribution in [0.5, 0.6) is 0 Å². The summed E-state index contributed by atoms with van der Waals surface area (Å²) < 4.78 is 5.48. The smallest absolute Gasteiger partial charge is 0.305 e. The molecule has 0 saturated carbocycles. The van der Waals surface area contributed by atoms with Crippen LogP contribution in [-0.4, -0.2) is 47.4 Å². The van der Waals surface area contributed by atoms with Gasteiger partial charge in [0.1, 0.15) is 0 Å². The first-order valence-corrected chi connectivity index (χ1v) is 34.3. The zero-order valence-corrected chi connectivity index (χ0v) is 51.3. The van der Waals surface area contributed by atoms with Crippen molar-refractivity contribution in [2.24, 2.45) is 0 Å². The number of hydrogen-bond donors (Lipinski definition) is 3. The Morgan fingerprint density at radius 2 is 0.684 bits per heavy atom. The van der Waals surface area contributed by atoms with Crippen molar-refractivity contribution < 1.29 is 24.5 Å². The van der Waals surface area contributed by atoms with Crippen LogP contribution in [0, 0.1) is 0 Å². The molecule has 448 valence electrons. The number of ether oxygens (including phenoxy) is 1. The fraction of sp³-hybridized carbons (Fsp3) is 0.886. The van der Waals surface area contributed by atoms with Crippen LogP contribution in [0.25, 0.3) is 0 Å². The summed E-state index contributed by atoms with van der Waals surface area (Å²) in [6.07, 6.45) is 83.6. The molecular formula is C70H133NO5. The number of aliphatic hydroxyl groups excluding tert-OH is 2. The molecule has 3 N–H and O–H groups in total. The quantitative estimate of drug-likeness (QED) is 0.0320. The van der Waals surface area contributed by atoms with Crippen LogP contribution in [0.2, 0.25) is 0 Å². The van der Waals surface area contributed by atoms with E-state index in [4.69, 9.17) is 4.74 Å². The minimum Gasteiger partial charge on any atom is -0.466 e. The van der Waals surface area contributed by atoms with E-state index < -0.39 is 12.1 Å². The van der Waals surface area contributed by atoms with Crippen LogP contribution in [-0.2, 0) is 14.3 Å². The fourth-order valence-corrected chi connectivity index (χ4v) is 10.7. The molecule has 0 radical (unpaired) electrons. The summed E-state index contributed by atoms with van der Waals surface area (Å²) in [4.78, 5) is 24.5. The standard InChI is InChI=1S/C70H133NO5/c1-3-5-7-9-11-13-15-17-18-32-35-39-42-46-50-54-58-62-68(73)67(66-72)71-69(74)63-59-55-51-47-43-40-36-33-30-28-26-24-22-20-19-21-23-25-27-29-31-34-37-41-45-49-53-57-61-65-76-70(75)64-60-56-52-48-44-38-16-14-12-10-8-6-4-2/h8,10,14,16,58,62,67-68,72-73H,3-7,9,11-13,15,17-57,59-61,63-66H2,1-2H3,(H,71,74)/b10-8-,16-14-,62-58+. The Hall–Kier alpha value is -1.92. The van der Waals surface area contributed by atoms with E-state index >= 15 is 0 Å². The Bertz CT molecular complexity index is 1230. The van der Waals surface area contributed by atoms with Crippen molar-refractivity contribution in [3.05, 3.63) is 36.5 Å². The maximum Gasteiger partial charge on any atom is 0.305 e. The van der Waals surface area contributed by atoms with Crippen LogP contribution < -0.4 is 5.32 Å². The van der Waals surface area contributed by atoms with Gasteiger partial charge in [-0.25, -0.2) is 0 Å². The number of hydrogen-bond acceptors (Lipinski definition) is 5. The summed E-state index contributed by atoms with van der Waals surface area (Å²) in [6, 6.07) is -0.625. The van der Waals surface area contributed by atoms with Crippen molar-refractivity contribution in [2.75, 3.05) is 13.2 Å². The van der Waals surface area contributed by atoms with Crippen LogP contribution in [0.3, 0.4) is 0 Å². The molecule has 2 unspecified atom stereocenters. The van der Waals surface area contributed by atoms with Crippen LogP contribution >= 0.6 is 0 Å². The van der Waals surface area contributed by atoms with Gasteiger partial charge in [-0.15, -0.1) is 0 Å². The van der Waals surface area contributed by atoms with E-state index in [-0.39, 0.29) is 18.5 Å². The highest BCUT2D eigenvalue weighted by atomic mass is 16.5. The molecule has 76 heavy (non-hydrogen) atoms. The maximum absolute atomic E-state index is 12.5. The molecule has 0 rings (SSSR count). The number of carbonyl (C=O) groups excluding carboxylic acids is 2. The van der Waals surface area contributed by atoms with Gasteiger partial charge in [-0.2, -0.15) is 0 Å². The Kier molecular flexibility index (Phi) is 63.9. The highest BCUT2D eigenvalue weighted by Crippen LogP contribution is 2.19. The second-order valence-electron chi connectivity index (χ2n) is 23.5. The first kappa shape index (κ1) is 74.1. The zero-order chi connectivity index (χ0) is 55.0. The minimum absolute atomic E-state index is 0.00393. The Morgan fingerprint density at radius 1 is 0.368 bits per heavy atom. The lowest BCUT2D eigenvalue weighted by Gasteiger charge is -2.20. The predicted octanol–water partition coefficient (Wildman–Crippen LogP) is 21.9. The second kappa shape index (κ2) is 65.6. The summed E-state index contributed by atoms with van der Waals surface area (Å²) >= 11 is 0. The number of unbranched alkanes of at least 4 members (excludes halogenated alkanes) is 49. The number of carbonyl (C=O) groups is 2. The van der Waals surface area contributed by atoms with E-state index in [9.17, 15) is 19.8 Å². The molecule has 0 aliphatic heterocycles. The molecule has 0 bridgehead atoms. The first-order chi connectivity index (χ1) is 37.5. The lowest BCUT2D eigenvalue weighted by Crippen LogP contribution is -2.45. The number of esters is 1. The minimum atomic E-state index is -0.842. The van der Waals surface area contributed by atoms with Gasteiger partial charge in [0.05, 0.1) is 25.4 Å². The monoisotopic (exact) mass is 1070 g/mol. The van der Waals surface area contributed by atoms with Crippen LogP contribution in [0.4, 0.5) is 0 Å². The molecule has 0 aliphatic carbocycles. The van der Waals surface area contributed by atoms with Gasteiger partial charge in [0.2, 0.25) is 5.91 Å². The van der Waals surface area contributed by atoms with Gasteiger partial charge in [-0.05, 0) is 57.8 Å². The van der Waals surface area contributed by atoms with E-state index in [1.54, 1.807) is 6.08 Å². The molecule has 0 aliphatic rings. The number of allylic oxidation sites excluding steroid dienone is 5. The van der Waals surface area contributed by atoms with E-state index in [1.165, 1.54) is 295 Å². The molecule has 1 amide bonds. The van der Waals surface area contributed by atoms with Crippen molar-refractivity contribution in [3.8, 4) is 0 Å². The molecule has 0 heterocycles. The number of nitrogens with one attached hydrogen (secondary N) is 1. The Balaban J connectivity index is 3.36. The van der Waals surface area contributed by atoms with Crippen molar-refractivity contribution in [2.45, 2.75) is 386 Å².